The van der Waals surface area contributed by atoms with Gasteiger partial charge in [0.1, 0.15) is 0 Å². The molecule has 0 radical (unpaired) electrons. The number of rotatable bonds is 13. The molecule has 2 aliphatic rings. The molecule has 3 heteroatoms. The molecule has 3 nitrogen and oxygen atoms in total. The molecule has 0 aliphatic heterocycles. The van der Waals surface area contributed by atoms with Crippen molar-refractivity contribution in [1.82, 2.24) is 0 Å². The van der Waals surface area contributed by atoms with Crippen molar-refractivity contribution in [2.45, 2.75) is 76.7 Å². The summed E-state index contributed by atoms with van der Waals surface area (Å²) in [5, 5.41) is 19.7. The molecule has 0 aromatic heterocycles. The van der Waals surface area contributed by atoms with E-state index in [2.05, 4.69) is 31.2 Å². The van der Waals surface area contributed by atoms with Crippen LogP contribution in [0.15, 0.2) is 36.5 Å². The predicted molar refractivity (Wildman–Crippen MR) is 107 cm³/mol. The van der Waals surface area contributed by atoms with Crippen molar-refractivity contribution >= 4 is 5.78 Å². The zero-order valence-electron chi connectivity index (χ0n) is 16.3. The van der Waals surface area contributed by atoms with Gasteiger partial charge in [0.05, 0.1) is 5.60 Å². The van der Waals surface area contributed by atoms with Gasteiger partial charge < -0.3 is 10.2 Å². The standard InChI is InChI=1S/C23H36O3/c1-2-3-16-23(26,20-13-14-20)17-9-10-19-12-15-22(25)21(19)11-7-5-4-6-8-18-24/h5,7,9-10,12,15,19-21,24,26H,2-4,6,8,11,13-14,16-18H2,1H3/t19-,21+,23?/m0/s1. The largest absolute Gasteiger partial charge is 0.396 e. The number of carbonyl (C=O) groups is 1. The molecule has 1 unspecified atom stereocenters. The van der Waals surface area contributed by atoms with Crippen LogP contribution in [-0.4, -0.2) is 28.2 Å². The van der Waals surface area contributed by atoms with E-state index in [1.807, 2.05) is 6.08 Å². The summed E-state index contributed by atoms with van der Waals surface area (Å²) >= 11 is 0. The summed E-state index contributed by atoms with van der Waals surface area (Å²) in [5.74, 6) is 0.837. The summed E-state index contributed by atoms with van der Waals surface area (Å²) in [4.78, 5) is 12.1. The van der Waals surface area contributed by atoms with Crippen molar-refractivity contribution in [3.05, 3.63) is 36.5 Å². The topological polar surface area (TPSA) is 57.5 Å². The Morgan fingerprint density at radius 1 is 1.19 bits per heavy atom. The first-order chi connectivity index (χ1) is 12.6. The second-order valence-electron chi connectivity index (χ2n) is 7.99. The number of aliphatic hydroxyl groups is 2. The first kappa shape index (κ1) is 21.1. The van der Waals surface area contributed by atoms with Gasteiger partial charge in [-0.1, -0.05) is 50.1 Å². The molecule has 3 atom stereocenters. The Hall–Kier alpha value is -1.19. The minimum Gasteiger partial charge on any atom is -0.396 e. The Labute approximate surface area is 158 Å². The number of hydrogen-bond acceptors (Lipinski definition) is 3. The van der Waals surface area contributed by atoms with Gasteiger partial charge in [-0.15, -0.1) is 0 Å². The predicted octanol–water partition coefficient (Wildman–Crippen LogP) is 4.74. The number of hydrogen-bond donors (Lipinski definition) is 2. The minimum absolute atomic E-state index is 0.00463. The third-order valence-corrected chi connectivity index (χ3v) is 5.78. The second kappa shape index (κ2) is 10.8. The molecular weight excluding hydrogens is 324 g/mol. The van der Waals surface area contributed by atoms with Crippen LogP contribution >= 0.6 is 0 Å². The number of ketones is 1. The highest BCUT2D eigenvalue weighted by Crippen LogP contribution is 2.44. The van der Waals surface area contributed by atoms with Gasteiger partial charge in [-0.3, -0.25) is 4.79 Å². The van der Waals surface area contributed by atoms with E-state index in [0.29, 0.717) is 12.3 Å². The molecule has 2 N–H and O–H groups in total. The summed E-state index contributed by atoms with van der Waals surface area (Å²) < 4.78 is 0. The van der Waals surface area contributed by atoms with Gasteiger partial charge >= 0.3 is 0 Å². The van der Waals surface area contributed by atoms with E-state index in [4.69, 9.17) is 5.11 Å². The van der Waals surface area contributed by atoms with Crippen molar-refractivity contribution in [3.63, 3.8) is 0 Å². The van der Waals surface area contributed by atoms with E-state index in [9.17, 15) is 9.90 Å². The molecule has 0 saturated heterocycles. The monoisotopic (exact) mass is 360 g/mol. The van der Waals surface area contributed by atoms with Gasteiger partial charge in [-0.25, -0.2) is 0 Å². The maximum atomic E-state index is 12.1. The SMILES string of the molecule is CCCCC(O)(CC=C[C@H]1C=CC(=O)[C@@H]1CC=CCCCCO)C1CC1. The van der Waals surface area contributed by atoms with E-state index in [-0.39, 0.29) is 24.2 Å². The van der Waals surface area contributed by atoms with Gasteiger partial charge in [0, 0.05) is 18.4 Å². The Bertz CT molecular complexity index is 516. The van der Waals surface area contributed by atoms with Crippen LogP contribution in [0.4, 0.5) is 0 Å². The summed E-state index contributed by atoms with van der Waals surface area (Å²) in [7, 11) is 0. The van der Waals surface area contributed by atoms with E-state index >= 15 is 0 Å². The van der Waals surface area contributed by atoms with Gasteiger partial charge in [-0.05, 0) is 63.4 Å². The fourth-order valence-corrected chi connectivity index (χ4v) is 3.87. The third-order valence-electron chi connectivity index (χ3n) is 5.78. The summed E-state index contributed by atoms with van der Waals surface area (Å²) in [6.07, 6.45) is 21.8. The highest BCUT2D eigenvalue weighted by molar-refractivity contribution is 5.95. The number of aliphatic hydroxyl groups excluding tert-OH is 1. The number of carbonyl (C=O) groups excluding carboxylic acids is 1. The molecule has 0 amide bonds. The van der Waals surface area contributed by atoms with Crippen LogP contribution in [0.2, 0.25) is 0 Å². The fourth-order valence-electron chi connectivity index (χ4n) is 3.87. The Morgan fingerprint density at radius 3 is 2.69 bits per heavy atom. The minimum atomic E-state index is -0.541. The summed E-state index contributed by atoms with van der Waals surface area (Å²) in [6.45, 7) is 2.41. The first-order valence-corrected chi connectivity index (χ1v) is 10.5. The van der Waals surface area contributed by atoms with E-state index < -0.39 is 5.60 Å². The summed E-state index contributed by atoms with van der Waals surface area (Å²) in [6, 6.07) is 0. The molecule has 146 valence electrons. The molecule has 2 rings (SSSR count). The van der Waals surface area contributed by atoms with E-state index in [1.54, 1.807) is 6.08 Å². The molecule has 0 heterocycles. The van der Waals surface area contributed by atoms with Crippen molar-refractivity contribution in [1.29, 1.82) is 0 Å². The highest BCUT2D eigenvalue weighted by Gasteiger charge is 2.42. The highest BCUT2D eigenvalue weighted by atomic mass is 16.3. The maximum Gasteiger partial charge on any atom is 0.159 e. The number of unbranched alkanes of at least 4 members (excludes halogenated alkanes) is 3. The van der Waals surface area contributed by atoms with Crippen molar-refractivity contribution in [2.24, 2.45) is 17.8 Å². The number of allylic oxidation sites excluding steroid dienone is 5. The maximum absolute atomic E-state index is 12.1. The molecule has 0 aromatic rings. The molecule has 2 aliphatic carbocycles. The average molecular weight is 361 g/mol. The second-order valence-corrected chi connectivity index (χ2v) is 7.99. The average Bonchev–Trinajstić information content (AvgIpc) is 3.43. The van der Waals surface area contributed by atoms with Crippen LogP contribution in [0, 0.1) is 17.8 Å². The van der Waals surface area contributed by atoms with Crippen LogP contribution in [0.1, 0.15) is 71.1 Å². The van der Waals surface area contributed by atoms with Crippen LogP contribution in [0.5, 0.6) is 0 Å². The fraction of sp³-hybridized carbons (Fsp3) is 0.696. The summed E-state index contributed by atoms with van der Waals surface area (Å²) in [5.41, 5.74) is -0.541. The molecule has 26 heavy (non-hydrogen) atoms. The van der Waals surface area contributed by atoms with E-state index in [1.165, 1.54) is 0 Å². The lowest BCUT2D eigenvalue weighted by molar-refractivity contribution is -0.117. The lowest BCUT2D eigenvalue weighted by atomic mass is 9.86. The van der Waals surface area contributed by atoms with Crippen molar-refractivity contribution < 1.29 is 15.0 Å². The van der Waals surface area contributed by atoms with Gasteiger partial charge in [0.15, 0.2) is 5.78 Å². The molecule has 0 bridgehead atoms. The van der Waals surface area contributed by atoms with Crippen molar-refractivity contribution in [2.75, 3.05) is 6.61 Å². The Kier molecular flexibility index (Phi) is 8.80. The first-order valence-electron chi connectivity index (χ1n) is 10.5. The molecule has 1 fully saturated rings. The van der Waals surface area contributed by atoms with E-state index in [0.717, 1.165) is 57.8 Å². The van der Waals surface area contributed by atoms with Gasteiger partial charge in [0.2, 0.25) is 0 Å². The zero-order valence-corrected chi connectivity index (χ0v) is 16.3. The van der Waals surface area contributed by atoms with Crippen LogP contribution < -0.4 is 0 Å². The van der Waals surface area contributed by atoms with Gasteiger partial charge in [0.25, 0.3) is 0 Å². The smallest absolute Gasteiger partial charge is 0.159 e. The quantitative estimate of drug-likeness (QED) is 0.368. The van der Waals surface area contributed by atoms with Crippen LogP contribution in [0.25, 0.3) is 0 Å². The lowest BCUT2D eigenvalue weighted by Crippen LogP contribution is -2.30. The van der Waals surface area contributed by atoms with Crippen LogP contribution in [0.3, 0.4) is 0 Å². The molecule has 0 spiro atoms. The zero-order chi connectivity index (χ0) is 18.8. The third kappa shape index (κ3) is 6.51. The Balaban J connectivity index is 1.82. The molecular formula is C23H36O3. The Morgan fingerprint density at radius 2 is 2.00 bits per heavy atom. The molecule has 1 saturated carbocycles. The van der Waals surface area contributed by atoms with Crippen molar-refractivity contribution in [3.8, 4) is 0 Å². The van der Waals surface area contributed by atoms with Gasteiger partial charge in [-0.2, -0.15) is 0 Å². The lowest BCUT2D eigenvalue weighted by Gasteiger charge is -2.27. The normalized spacial score (nSPS) is 25.6. The van der Waals surface area contributed by atoms with Crippen LogP contribution in [-0.2, 0) is 4.79 Å². The molecule has 0 aromatic carbocycles.